The number of piperidine rings is 1. The van der Waals surface area contributed by atoms with Gasteiger partial charge in [-0.1, -0.05) is 0 Å². The number of nitrogens with one attached hydrogen (secondary N) is 3. The summed E-state index contributed by atoms with van der Waals surface area (Å²) in [5.74, 6) is 0. The molecule has 14 heavy (non-hydrogen) atoms. The van der Waals surface area contributed by atoms with Gasteiger partial charge in [0.15, 0.2) is 0 Å². The average Bonchev–Trinajstić information content (AvgIpc) is 2.69. The molecule has 3 N–H and O–H groups in total. The third-order valence-corrected chi connectivity index (χ3v) is 2.87. The van der Waals surface area contributed by atoms with Crippen molar-refractivity contribution in [2.75, 3.05) is 6.54 Å². The summed E-state index contributed by atoms with van der Waals surface area (Å²) in [7, 11) is 0. The molecule has 1 fully saturated rings. The second-order valence-electron chi connectivity index (χ2n) is 3.95. The minimum atomic E-state index is 0.576. The van der Waals surface area contributed by atoms with E-state index in [1.54, 1.807) is 6.33 Å². The predicted molar refractivity (Wildman–Crippen MR) is 55.9 cm³/mol. The lowest BCUT2D eigenvalue weighted by Gasteiger charge is -2.30. The second kappa shape index (κ2) is 4.57. The molecule has 0 aromatic carbocycles. The zero-order chi connectivity index (χ0) is 9.80. The fourth-order valence-electron chi connectivity index (χ4n) is 1.95. The zero-order valence-electron chi connectivity index (χ0n) is 8.59. The van der Waals surface area contributed by atoms with Gasteiger partial charge in [-0.05, 0) is 26.3 Å². The topological polar surface area (TPSA) is 52.7 Å². The Labute approximate surface area is 84.5 Å². The van der Waals surface area contributed by atoms with E-state index >= 15 is 0 Å². The number of H-pyrrole nitrogens is 1. The van der Waals surface area contributed by atoms with Gasteiger partial charge in [0.2, 0.25) is 0 Å². The van der Waals surface area contributed by atoms with Crippen molar-refractivity contribution >= 4 is 0 Å². The normalized spacial score (nSPS) is 27.8. The van der Waals surface area contributed by atoms with Crippen LogP contribution in [0.25, 0.3) is 0 Å². The van der Waals surface area contributed by atoms with Gasteiger partial charge in [-0.15, -0.1) is 0 Å². The summed E-state index contributed by atoms with van der Waals surface area (Å²) in [6.45, 7) is 4.28. The summed E-state index contributed by atoms with van der Waals surface area (Å²) in [6.07, 6.45) is 6.13. The molecular weight excluding hydrogens is 176 g/mol. The van der Waals surface area contributed by atoms with Crippen molar-refractivity contribution < 1.29 is 0 Å². The first-order valence-electron chi connectivity index (χ1n) is 5.30. The summed E-state index contributed by atoms with van der Waals surface area (Å²) in [6, 6.07) is 1.17. The van der Waals surface area contributed by atoms with E-state index < -0.39 is 0 Å². The molecule has 1 aromatic rings. The maximum atomic E-state index is 3.99. The molecule has 0 aliphatic carbocycles. The molecule has 0 spiro atoms. The van der Waals surface area contributed by atoms with Crippen LogP contribution in [0.5, 0.6) is 0 Å². The Bertz CT molecular complexity index is 257. The highest BCUT2D eigenvalue weighted by Crippen LogP contribution is 2.08. The van der Waals surface area contributed by atoms with Gasteiger partial charge in [0.25, 0.3) is 0 Å². The highest BCUT2D eigenvalue weighted by atomic mass is 15.0. The quantitative estimate of drug-likeness (QED) is 0.662. The van der Waals surface area contributed by atoms with Gasteiger partial charge in [-0.3, -0.25) is 0 Å². The third-order valence-electron chi connectivity index (χ3n) is 2.87. The van der Waals surface area contributed by atoms with Gasteiger partial charge in [0.05, 0.1) is 6.33 Å². The molecule has 0 amide bonds. The number of imidazole rings is 1. The van der Waals surface area contributed by atoms with E-state index in [-0.39, 0.29) is 0 Å². The molecule has 0 radical (unpaired) electrons. The van der Waals surface area contributed by atoms with Crippen molar-refractivity contribution in [3.05, 3.63) is 18.2 Å². The monoisotopic (exact) mass is 194 g/mol. The van der Waals surface area contributed by atoms with E-state index in [0.717, 1.165) is 18.8 Å². The van der Waals surface area contributed by atoms with Crippen molar-refractivity contribution in [2.45, 2.75) is 38.4 Å². The van der Waals surface area contributed by atoms with E-state index in [4.69, 9.17) is 0 Å². The Morgan fingerprint density at radius 3 is 3.29 bits per heavy atom. The fourth-order valence-corrected chi connectivity index (χ4v) is 1.95. The fraction of sp³-hybridized carbons (Fsp3) is 0.700. The first-order chi connectivity index (χ1) is 6.86. The van der Waals surface area contributed by atoms with Gasteiger partial charge in [0.1, 0.15) is 0 Å². The van der Waals surface area contributed by atoms with Crippen molar-refractivity contribution in [2.24, 2.45) is 0 Å². The summed E-state index contributed by atoms with van der Waals surface area (Å²) < 4.78 is 0. The van der Waals surface area contributed by atoms with Crippen LogP contribution in [0.1, 0.15) is 25.5 Å². The van der Waals surface area contributed by atoms with Gasteiger partial charge in [0, 0.05) is 30.5 Å². The van der Waals surface area contributed by atoms with Crippen LogP contribution in [-0.4, -0.2) is 28.6 Å². The number of aromatic nitrogens is 2. The SMILES string of the molecule is CC1NCCCC1NCc1cnc[nH]1. The highest BCUT2D eigenvalue weighted by Gasteiger charge is 2.19. The molecule has 2 unspecified atom stereocenters. The Hall–Kier alpha value is -0.870. The molecule has 1 aliphatic rings. The van der Waals surface area contributed by atoms with Gasteiger partial charge in [-0.2, -0.15) is 0 Å². The zero-order valence-corrected chi connectivity index (χ0v) is 8.59. The minimum absolute atomic E-state index is 0.576. The number of nitrogens with zero attached hydrogens (tertiary/aromatic N) is 1. The Morgan fingerprint density at radius 2 is 2.57 bits per heavy atom. The smallest absolute Gasteiger partial charge is 0.0922 e. The molecule has 78 valence electrons. The molecule has 1 aromatic heterocycles. The predicted octanol–water partition coefficient (Wildman–Crippen LogP) is 0.640. The lowest BCUT2D eigenvalue weighted by atomic mass is 10.00. The van der Waals surface area contributed by atoms with E-state index in [1.165, 1.54) is 12.8 Å². The van der Waals surface area contributed by atoms with Crippen LogP contribution < -0.4 is 10.6 Å². The van der Waals surface area contributed by atoms with Crippen LogP contribution in [0.4, 0.5) is 0 Å². The molecule has 0 bridgehead atoms. The molecule has 4 heteroatoms. The average molecular weight is 194 g/mol. The molecule has 2 atom stereocenters. The summed E-state index contributed by atoms with van der Waals surface area (Å²) in [5, 5.41) is 7.01. The van der Waals surface area contributed by atoms with Gasteiger partial charge < -0.3 is 15.6 Å². The van der Waals surface area contributed by atoms with E-state index in [0.29, 0.717) is 12.1 Å². The first kappa shape index (κ1) is 9.68. The lowest BCUT2D eigenvalue weighted by molar-refractivity contribution is 0.315. The van der Waals surface area contributed by atoms with Crippen LogP contribution in [0.2, 0.25) is 0 Å². The van der Waals surface area contributed by atoms with Crippen molar-refractivity contribution in [3.63, 3.8) is 0 Å². The number of aromatic amines is 1. The Balaban J connectivity index is 1.79. The summed E-state index contributed by atoms with van der Waals surface area (Å²) >= 11 is 0. The first-order valence-corrected chi connectivity index (χ1v) is 5.30. The molecule has 2 rings (SSSR count). The maximum absolute atomic E-state index is 3.99. The largest absolute Gasteiger partial charge is 0.347 e. The number of hydrogen-bond acceptors (Lipinski definition) is 3. The van der Waals surface area contributed by atoms with Crippen LogP contribution in [0.3, 0.4) is 0 Å². The van der Waals surface area contributed by atoms with E-state index in [9.17, 15) is 0 Å². The van der Waals surface area contributed by atoms with Crippen molar-refractivity contribution in [1.82, 2.24) is 20.6 Å². The van der Waals surface area contributed by atoms with E-state index in [2.05, 4.69) is 27.5 Å². The third kappa shape index (κ3) is 2.33. The number of rotatable bonds is 3. The van der Waals surface area contributed by atoms with Crippen molar-refractivity contribution in [3.8, 4) is 0 Å². The van der Waals surface area contributed by atoms with Crippen LogP contribution in [0.15, 0.2) is 12.5 Å². The molecule has 1 aliphatic heterocycles. The lowest BCUT2D eigenvalue weighted by Crippen LogP contribution is -2.49. The van der Waals surface area contributed by atoms with Crippen LogP contribution in [-0.2, 0) is 6.54 Å². The molecule has 0 saturated carbocycles. The highest BCUT2D eigenvalue weighted by molar-refractivity contribution is 4.95. The van der Waals surface area contributed by atoms with Crippen LogP contribution in [0, 0.1) is 0 Å². The Kier molecular flexibility index (Phi) is 3.16. The number of hydrogen-bond donors (Lipinski definition) is 3. The van der Waals surface area contributed by atoms with E-state index in [1.807, 2.05) is 6.20 Å². The second-order valence-corrected chi connectivity index (χ2v) is 3.95. The van der Waals surface area contributed by atoms with Crippen LogP contribution >= 0.6 is 0 Å². The standard InChI is InChI=1S/C10H18N4/c1-8-10(3-2-4-12-8)13-6-9-5-11-7-14-9/h5,7-8,10,12-13H,2-4,6H2,1H3,(H,11,14). The molecule has 2 heterocycles. The Morgan fingerprint density at radius 1 is 1.64 bits per heavy atom. The molecular formula is C10H18N4. The maximum Gasteiger partial charge on any atom is 0.0922 e. The summed E-state index contributed by atoms with van der Waals surface area (Å²) in [4.78, 5) is 7.09. The van der Waals surface area contributed by atoms with Gasteiger partial charge in [-0.25, -0.2) is 4.98 Å². The summed E-state index contributed by atoms with van der Waals surface area (Å²) in [5.41, 5.74) is 1.16. The van der Waals surface area contributed by atoms with Crippen molar-refractivity contribution in [1.29, 1.82) is 0 Å². The molecule has 1 saturated heterocycles. The van der Waals surface area contributed by atoms with Gasteiger partial charge >= 0.3 is 0 Å². The minimum Gasteiger partial charge on any atom is -0.347 e. The molecule has 4 nitrogen and oxygen atoms in total.